The fourth-order valence-electron chi connectivity index (χ4n) is 4.28. The molecule has 1 saturated heterocycles. The van der Waals surface area contributed by atoms with Crippen molar-refractivity contribution in [1.29, 1.82) is 0 Å². The number of carbonyl (C=O) groups excluding carboxylic acids is 3. The molecule has 1 fully saturated rings. The summed E-state index contributed by atoms with van der Waals surface area (Å²) in [5, 5.41) is 13.6. The van der Waals surface area contributed by atoms with Crippen molar-refractivity contribution in [2.24, 2.45) is 0 Å². The summed E-state index contributed by atoms with van der Waals surface area (Å²) in [5.74, 6) is -2.82. The molecule has 0 aliphatic carbocycles. The van der Waals surface area contributed by atoms with Crippen LogP contribution < -0.4 is 9.64 Å². The Kier molecular flexibility index (Phi) is 10.4. The average Bonchev–Trinajstić information content (AvgIpc) is 3.61. The molecule has 6 N–H and O–H groups in total. The van der Waals surface area contributed by atoms with Crippen molar-refractivity contribution in [3.05, 3.63) is 47.7 Å². The molecule has 18 nitrogen and oxygen atoms in total. The van der Waals surface area contributed by atoms with E-state index in [9.17, 15) is 24.1 Å². The molecule has 2 aliphatic heterocycles. The minimum atomic E-state index is -5.56. The lowest BCUT2D eigenvalue weighted by molar-refractivity contribution is -0.142. The van der Waals surface area contributed by atoms with Crippen molar-refractivity contribution in [2.75, 3.05) is 37.7 Å². The number of nitrogens with zero attached hydrogens (tertiary/aromatic N) is 3. The summed E-state index contributed by atoms with van der Waals surface area (Å²) < 4.78 is 65.0. The number of hydrogen-bond acceptors (Lipinski definition) is 14. The third-order valence-electron chi connectivity index (χ3n) is 6.32. The van der Waals surface area contributed by atoms with Crippen LogP contribution in [0.25, 0.3) is 5.57 Å². The van der Waals surface area contributed by atoms with Crippen molar-refractivity contribution in [3.8, 4) is 5.88 Å². The average molecular weight is 684 g/mol. The van der Waals surface area contributed by atoms with E-state index in [1.54, 1.807) is 0 Å². The van der Waals surface area contributed by atoms with Crippen LogP contribution in [0.1, 0.15) is 12.0 Å². The van der Waals surface area contributed by atoms with Gasteiger partial charge in [-0.3, -0.25) is 14.3 Å². The topological polar surface area (TPSA) is 259 Å². The molecule has 0 radical (unpaired) electrons. The number of hydrogen-bond donors (Lipinski definition) is 6. The number of amides is 2. The fraction of sp³-hybridized carbons (Fsp3) is 0.391. The summed E-state index contributed by atoms with van der Waals surface area (Å²) in [6.45, 7) is -1.60. The van der Waals surface area contributed by atoms with E-state index >= 15 is 8.78 Å². The van der Waals surface area contributed by atoms with E-state index in [1.165, 1.54) is 18.4 Å². The quantitative estimate of drug-likeness (QED) is 0.140. The summed E-state index contributed by atoms with van der Waals surface area (Å²) >= 11 is 0. The number of ether oxygens (including phenoxy) is 4. The van der Waals surface area contributed by atoms with Crippen molar-refractivity contribution in [1.82, 2.24) is 10.1 Å². The second kappa shape index (κ2) is 13.7. The van der Waals surface area contributed by atoms with Crippen LogP contribution in [-0.2, 0) is 23.6 Å². The molecule has 1 unspecified atom stereocenters. The van der Waals surface area contributed by atoms with Gasteiger partial charge >= 0.3 is 33.4 Å². The predicted molar refractivity (Wildman–Crippen MR) is 143 cm³/mol. The molecular formula is C23H26F2N3O15P2+. The summed E-state index contributed by atoms with van der Waals surface area (Å²) in [6, 6.07) is 3.35. The fourth-order valence-corrected chi connectivity index (χ4v) is 6.35. The molecule has 22 heteroatoms. The second-order valence-electron chi connectivity index (χ2n) is 9.54. The number of cyclic esters (lactones) is 1. The number of aromatic nitrogens is 1. The standard InChI is InChI=1S/C23H25F2N3O15P2/c24-15-7-13(28-9-14(42-21(28)31)10-39-18-3-6-41-26-18)8-16(25)19(15)12-1-4-27(5-2-12)20(30)17(29)11-40-22(32)43-23(44(33,34)35)45(36,37)38/h1,3,6-8,14,17,23,29,33-35H,2,4-5,9-11H2,(H-,36,37,38)/p+1/t14-,17+,23?/m1/s1. The maximum absolute atomic E-state index is 15.1. The van der Waals surface area contributed by atoms with Crippen LogP contribution in [0.2, 0.25) is 0 Å². The molecule has 45 heavy (non-hydrogen) atoms. The van der Waals surface area contributed by atoms with Crippen LogP contribution in [0.5, 0.6) is 5.88 Å². The highest BCUT2D eigenvalue weighted by Gasteiger charge is 2.58. The van der Waals surface area contributed by atoms with Crippen LogP contribution in [0.15, 0.2) is 35.1 Å². The minimum absolute atomic E-state index is 0.0604. The van der Waals surface area contributed by atoms with Gasteiger partial charge in [0, 0.05) is 24.7 Å². The van der Waals surface area contributed by atoms with Gasteiger partial charge in [0.2, 0.25) is 0 Å². The number of aliphatic hydroxyl groups excluding tert-OH is 1. The highest BCUT2D eigenvalue weighted by atomic mass is 31.3. The van der Waals surface area contributed by atoms with E-state index in [1.807, 2.05) is 0 Å². The molecule has 2 amide bonds. The van der Waals surface area contributed by atoms with Gasteiger partial charge in [-0.05, 0) is 29.3 Å². The number of rotatable bonds is 11. The van der Waals surface area contributed by atoms with Crippen LogP contribution in [0.3, 0.4) is 0 Å². The Morgan fingerprint density at radius 2 is 1.89 bits per heavy atom. The lowest BCUT2D eigenvalue weighted by atomic mass is 9.97. The van der Waals surface area contributed by atoms with E-state index in [0.29, 0.717) is 0 Å². The summed E-state index contributed by atoms with van der Waals surface area (Å²) in [5.41, 5.74) is -3.36. The van der Waals surface area contributed by atoms with Gasteiger partial charge in [-0.2, -0.15) is 14.7 Å². The molecule has 3 atom stereocenters. The molecule has 3 heterocycles. The molecule has 1 aromatic carbocycles. The molecule has 0 saturated carbocycles. The lowest BCUT2D eigenvalue weighted by Gasteiger charge is -2.28. The van der Waals surface area contributed by atoms with Crippen molar-refractivity contribution >= 4 is 45.0 Å². The summed E-state index contributed by atoms with van der Waals surface area (Å²) in [4.78, 5) is 83.8. The Labute approximate surface area is 251 Å². The molecule has 246 valence electrons. The van der Waals surface area contributed by atoms with Crippen molar-refractivity contribution in [3.63, 3.8) is 0 Å². The lowest BCUT2D eigenvalue weighted by Crippen LogP contribution is -2.43. The number of halogens is 2. The van der Waals surface area contributed by atoms with Gasteiger partial charge in [0.05, 0.1) is 12.2 Å². The Bertz CT molecular complexity index is 1470. The van der Waals surface area contributed by atoms with Crippen LogP contribution >= 0.6 is 15.5 Å². The Morgan fingerprint density at radius 1 is 1.20 bits per heavy atom. The van der Waals surface area contributed by atoms with Crippen molar-refractivity contribution < 1.29 is 80.8 Å². The number of carbonyl (C=O) groups is 3. The molecule has 0 spiro atoms. The number of aliphatic hydroxyl groups is 1. The maximum atomic E-state index is 15.1. The van der Waals surface area contributed by atoms with Gasteiger partial charge in [0.15, 0.2) is 12.2 Å². The van der Waals surface area contributed by atoms with E-state index in [4.69, 9.17) is 33.9 Å². The summed E-state index contributed by atoms with van der Waals surface area (Å²) in [7, 11) is -10.9. The van der Waals surface area contributed by atoms with Crippen LogP contribution in [0, 0.1) is 11.6 Å². The third-order valence-corrected chi connectivity index (χ3v) is 9.53. The number of anilines is 1. The number of benzene rings is 1. The first-order valence-corrected chi connectivity index (χ1v) is 16.1. The van der Waals surface area contributed by atoms with E-state index in [0.717, 1.165) is 21.9 Å². The van der Waals surface area contributed by atoms with E-state index in [2.05, 4.69) is 19.2 Å². The van der Waals surface area contributed by atoms with Gasteiger partial charge in [0.25, 0.3) is 11.8 Å². The first-order chi connectivity index (χ1) is 21.0. The smallest absolute Gasteiger partial charge is 0.471 e. The SMILES string of the molecule is O=C(OC[C@H](O)C(=O)N1CC=C(c2c(F)cc(N3C[C@H](COc4ccon4)OC3=O)cc2F)CC1)OC(P(=O)(O)O)[P+](O)(O)O. The monoisotopic (exact) mass is 684 g/mol. The highest BCUT2D eigenvalue weighted by Crippen LogP contribution is 2.65. The van der Waals surface area contributed by atoms with Crippen LogP contribution in [-0.4, -0.2) is 108 Å². The zero-order chi connectivity index (χ0) is 33.1. The molecule has 2 aromatic rings. The van der Waals surface area contributed by atoms with Gasteiger partial charge in [-0.25, -0.2) is 18.4 Å². The van der Waals surface area contributed by atoms with E-state index in [-0.39, 0.29) is 49.8 Å². The van der Waals surface area contributed by atoms with Gasteiger partial charge in [-0.1, -0.05) is 6.08 Å². The normalized spacial score (nSPS) is 18.6. The molecule has 1 aromatic heterocycles. The zero-order valence-electron chi connectivity index (χ0n) is 22.7. The second-order valence-corrected chi connectivity index (χ2v) is 13.3. The minimum Gasteiger partial charge on any atom is -0.471 e. The van der Waals surface area contributed by atoms with Crippen LogP contribution in [0.4, 0.5) is 24.1 Å². The molecule has 4 rings (SSSR count). The zero-order valence-corrected chi connectivity index (χ0v) is 24.5. The summed E-state index contributed by atoms with van der Waals surface area (Å²) in [6.07, 6.45) is -3.02. The first-order valence-electron chi connectivity index (χ1n) is 12.7. The molecular weight excluding hydrogens is 658 g/mol. The molecule has 2 aliphatic rings. The highest BCUT2D eigenvalue weighted by molar-refractivity contribution is 7.74. The van der Waals surface area contributed by atoms with Gasteiger partial charge < -0.3 is 43.3 Å². The Morgan fingerprint density at radius 3 is 2.44 bits per heavy atom. The third kappa shape index (κ3) is 8.50. The first kappa shape index (κ1) is 34.1. The maximum Gasteiger partial charge on any atom is 0.512 e. The van der Waals surface area contributed by atoms with Crippen molar-refractivity contribution in [2.45, 2.75) is 24.2 Å². The van der Waals surface area contributed by atoms with Gasteiger partial charge in [0.1, 0.15) is 31.1 Å². The largest absolute Gasteiger partial charge is 0.512 e. The van der Waals surface area contributed by atoms with Gasteiger partial charge in [-0.15, -0.1) is 0 Å². The predicted octanol–water partition coefficient (Wildman–Crippen LogP) is 0.688. The Hall–Kier alpha value is -3.74. The Balaban J connectivity index is 1.32. The van der Waals surface area contributed by atoms with E-state index < -0.39 is 75.3 Å². The molecule has 0 bridgehead atoms.